The second kappa shape index (κ2) is 5.99. The Kier molecular flexibility index (Phi) is 4.55. The maximum atomic E-state index is 13.1. The van der Waals surface area contributed by atoms with Gasteiger partial charge < -0.3 is 5.73 Å². The molecule has 1 unspecified atom stereocenters. The van der Waals surface area contributed by atoms with Gasteiger partial charge in [0.25, 0.3) is 0 Å². The Hall–Kier alpha value is -0.970. The van der Waals surface area contributed by atoms with Gasteiger partial charge in [0.2, 0.25) is 0 Å². The zero-order valence-electron chi connectivity index (χ0n) is 9.84. The fourth-order valence-electron chi connectivity index (χ4n) is 1.84. The van der Waals surface area contributed by atoms with Gasteiger partial charge in [0.15, 0.2) is 0 Å². The minimum absolute atomic E-state index is 0.340. The number of hydrogen-bond donors (Lipinski definition) is 1. The molecular formula is C14H11BrClF2N. The standard InChI is InChI=1S/C14H11BrClF2N/c15-12-2-1-9(6-13(12)16)14(19)5-8-3-10(17)7-11(18)4-8/h1-4,6-7,14H,5,19H2. The highest BCUT2D eigenvalue weighted by molar-refractivity contribution is 9.10. The van der Waals surface area contributed by atoms with Crippen molar-refractivity contribution in [1.82, 2.24) is 0 Å². The summed E-state index contributed by atoms with van der Waals surface area (Å²) in [6, 6.07) is 8.40. The van der Waals surface area contributed by atoms with Crippen LogP contribution in [0.1, 0.15) is 17.2 Å². The lowest BCUT2D eigenvalue weighted by Gasteiger charge is -2.13. The monoisotopic (exact) mass is 345 g/mol. The largest absolute Gasteiger partial charge is 0.324 e. The Balaban J connectivity index is 2.20. The van der Waals surface area contributed by atoms with Gasteiger partial charge in [0.1, 0.15) is 11.6 Å². The molecule has 2 aromatic rings. The molecule has 1 nitrogen and oxygen atoms in total. The van der Waals surface area contributed by atoms with Gasteiger partial charge in [-0.15, -0.1) is 0 Å². The molecule has 2 N–H and O–H groups in total. The van der Waals surface area contributed by atoms with Crippen molar-refractivity contribution in [2.75, 3.05) is 0 Å². The molecule has 5 heteroatoms. The van der Waals surface area contributed by atoms with E-state index in [1.807, 2.05) is 6.07 Å². The van der Waals surface area contributed by atoms with Gasteiger partial charge in [-0.2, -0.15) is 0 Å². The molecular weight excluding hydrogens is 336 g/mol. The molecule has 0 aliphatic heterocycles. The Labute approximate surface area is 123 Å². The predicted molar refractivity (Wildman–Crippen MR) is 76.1 cm³/mol. The summed E-state index contributed by atoms with van der Waals surface area (Å²) >= 11 is 9.28. The first kappa shape index (κ1) is 14.4. The van der Waals surface area contributed by atoms with E-state index in [4.69, 9.17) is 17.3 Å². The number of hydrogen-bond acceptors (Lipinski definition) is 1. The molecule has 0 saturated carbocycles. The van der Waals surface area contributed by atoms with Crippen LogP contribution in [0, 0.1) is 11.6 Å². The van der Waals surface area contributed by atoms with Crippen LogP contribution in [-0.4, -0.2) is 0 Å². The van der Waals surface area contributed by atoms with Crippen molar-refractivity contribution in [2.45, 2.75) is 12.5 Å². The Morgan fingerprint density at radius 2 is 1.74 bits per heavy atom. The summed E-state index contributed by atoms with van der Waals surface area (Å²) in [6.07, 6.45) is 0.340. The molecule has 19 heavy (non-hydrogen) atoms. The van der Waals surface area contributed by atoms with Crippen LogP contribution in [0.15, 0.2) is 40.9 Å². The van der Waals surface area contributed by atoms with E-state index in [1.54, 1.807) is 12.1 Å². The smallest absolute Gasteiger partial charge is 0.126 e. The minimum atomic E-state index is -0.601. The maximum absolute atomic E-state index is 13.1. The molecule has 0 amide bonds. The normalized spacial score (nSPS) is 12.5. The predicted octanol–water partition coefficient (Wildman–Crippen LogP) is 4.62. The van der Waals surface area contributed by atoms with E-state index < -0.39 is 11.6 Å². The van der Waals surface area contributed by atoms with Crippen molar-refractivity contribution < 1.29 is 8.78 Å². The van der Waals surface area contributed by atoms with Crippen molar-refractivity contribution in [3.8, 4) is 0 Å². The van der Waals surface area contributed by atoms with Crippen LogP contribution in [0.4, 0.5) is 8.78 Å². The summed E-state index contributed by atoms with van der Waals surface area (Å²) in [5.41, 5.74) is 7.36. The molecule has 0 saturated heterocycles. The topological polar surface area (TPSA) is 26.0 Å². The lowest BCUT2D eigenvalue weighted by molar-refractivity contribution is 0.576. The molecule has 0 fully saturated rings. The van der Waals surface area contributed by atoms with E-state index in [-0.39, 0.29) is 6.04 Å². The second-order valence-electron chi connectivity index (χ2n) is 4.26. The van der Waals surface area contributed by atoms with E-state index >= 15 is 0 Å². The first-order valence-electron chi connectivity index (χ1n) is 5.61. The van der Waals surface area contributed by atoms with E-state index in [9.17, 15) is 8.78 Å². The van der Waals surface area contributed by atoms with Gasteiger partial charge in [-0.25, -0.2) is 8.78 Å². The van der Waals surface area contributed by atoms with Crippen LogP contribution >= 0.6 is 27.5 Å². The highest BCUT2D eigenvalue weighted by Gasteiger charge is 2.10. The van der Waals surface area contributed by atoms with Crippen LogP contribution in [0.5, 0.6) is 0 Å². The number of rotatable bonds is 3. The molecule has 2 aromatic carbocycles. The van der Waals surface area contributed by atoms with E-state index in [0.29, 0.717) is 17.0 Å². The van der Waals surface area contributed by atoms with Gasteiger partial charge in [-0.3, -0.25) is 0 Å². The van der Waals surface area contributed by atoms with Crippen LogP contribution < -0.4 is 5.73 Å². The Morgan fingerprint density at radius 1 is 1.11 bits per heavy atom. The molecule has 0 aromatic heterocycles. The fraction of sp³-hybridized carbons (Fsp3) is 0.143. The molecule has 2 rings (SSSR count). The van der Waals surface area contributed by atoms with Crippen LogP contribution in [0.3, 0.4) is 0 Å². The second-order valence-corrected chi connectivity index (χ2v) is 5.52. The molecule has 0 bridgehead atoms. The lowest BCUT2D eigenvalue weighted by atomic mass is 9.99. The van der Waals surface area contributed by atoms with Crippen molar-refractivity contribution >= 4 is 27.5 Å². The van der Waals surface area contributed by atoms with Gasteiger partial charge >= 0.3 is 0 Å². The highest BCUT2D eigenvalue weighted by atomic mass is 79.9. The molecule has 0 heterocycles. The third-order valence-corrected chi connectivity index (χ3v) is 3.98. The summed E-state index contributed by atoms with van der Waals surface area (Å²) in [7, 11) is 0. The maximum Gasteiger partial charge on any atom is 0.126 e. The average Bonchev–Trinajstić information content (AvgIpc) is 2.31. The Bertz CT molecular complexity index is 584. The minimum Gasteiger partial charge on any atom is -0.324 e. The van der Waals surface area contributed by atoms with Crippen molar-refractivity contribution in [3.63, 3.8) is 0 Å². The van der Waals surface area contributed by atoms with Crippen LogP contribution in [0.25, 0.3) is 0 Å². The summed E-state index contributed by atoms with van der Waals surface area (Å²) < 4.78 is 27.0. The van der Waals surface area contributed by atoms with Gasteiger partial charge in [-0.1, -0.05) is 17.7 Å². The SMILES string of the molecule is NC(Cc1cc(F)cc(F)c1)c1ccc(Br)c(Cl)c1. The highest BCUT2D eigenvalue weighted by Crippen LogP contribution is 2.26. The molecule has 0 aliphatic rings. The Morgan fingerprint density at radius 3 is 2.32 bits per heavy atom. The van der Waals surface area contributed by atoms with Gasteiger partial charge in [0, 0.05) is 16.6 Å². The molecule has 100 valence electrons. The van der Waals surface area contributed by atoms with Crippen molar-refractivity contribution in [3.05, 3.63) is 68.7 Å². The number of halogens is 4. The zero-order chi connectivity index (χ0) is 14.0. The third-order valence-electron chi connectivity index (χ3n) is 2.75. The summed E-state index contributed by atoms with van der Waals surface area (Å²) in [4.78, 5) is 0. The van der Waals surface area contributed by atoms with Crippen molar-refractivity contribution in [1.29, 1.82) is 0 Å². The van der Waals surface area contributed by atoms with Crippen LogP contribution in [0.2, 0.25) is 5.02 Å². The lowest BCUT2D eigenvalue weighted by Crippen LogP contribution is -2.13. The summed E-state index contributed by atoms with van der Waals surface area (Å²) in [6.45, 7) is 0. The van der Waals surface area contributed by atoms with E-state index in [2.05, 4.69) is 15.9 Å². The number of benzene rings is 2. The first-order valence-corrected chi connectivity index (χ1v) is 6.78. The molecule has 1 atom stereocenters. The zero-order valence-corrected chi connectivity index (χ0v) is 12.2. The summed E-state index contributed by atoms with van der Waals surface area (Å²) in [5, 5.41) is 0.554. The van der Waals surface area contributed by atoms with E-state index in [0.717, 1.165) is 16.1 Å². The molecule has 0 spiro atoms. The average molecular weight is 347 g/mol. The van der Waals surface area contributed by atoms with Crippen LogP contribution in [-0.2, 0) is 6.42 Å². The molecule has 0 aliphatic carbocycles. The first-order chi connectivity index (χ1) is 8.95. The van der Waals surface area contributed by atoms with Gasteiger partial charge in [-0.05, 0) is 57.7 Å². The molecule has 0 radical (unpaired) electrons. The quantitative estimate of drug-likeness (QED) is 0.862. The van der Waals surface area contributed by atoms with Crippen molar-refractivity contribution in [2.24, 2.45) is 5.73 Å². The van der Waals surface area contributed by atoms with E-state index in [1.165, 1.54) is 12.1 Å². The summed E-state index contributed by atoms with van der Waals surface area (Å²) in [5.74, 6) is -1.20. The third kappa shape index (κ3) is 3.75. The number of nitrogens with two attached hydrogens (primary N) is 1. The van der Waals surface area contributed by atoms with Gasteiger partial charge in [0.05, 0.1) is 5.02 Å². The fourth-order valence-corrected chi connectivity index (χ4v) is 2.28.